The van der Waals surface area contributed by atoms with Gasteiger partial charge in [0.1, 0.15) is 0 Å². The van der Waals surface area contributed by atoms with Gasteiger partial charge in [0.15, 0.2) is 16.9 Å². The summed E-state index contributed by atoms with van der Waals surface area (Å²) in [5.41, 5.74) is 1.14. The fraction of sp³-hybridized carbons (Fsp3) is 0.0952. The minimum Gasteiger partial charge on any atom is -0.423 e. The monoisotopic (exact) mass is 440 g/mol. The molecule has 0 unspecified atom stereocenters. The molecule has 30 heavy (non-hydrogen) atoms. The molecule has 0 radical (unpaired) electrons. The van der Waals surface area contributed by atoms with Crippen LogP contribution in [0.2, 0.25) is 10.0 Å². The van der Waals surface area contributed by atoms with Gasteiger partial charge in [-0.2, -0.15) is 4.98 Å². The average molecular weight is 441 g/mol. The molecule has 0 bridgehead atoms. The van der Waals surface area contributed by atoms with Crippen molar-refractivity contribution in [2.45, 2.75) is 6.54 Å². The maximum absolute atomic E-state index is 13.3. The van der Waals surface area contributed by atoms with Gasteiger partial charge >= 0.3 is 11.5 Å². The van der Waals surface area contributed by atoms with Crippen LogP contribution in [0.15, 0.2) is 68.7 Å². The van der Waals surface area contributed by atoms with Gasteiger partial charge < -0.3 is 4.42 Å². The molecule has 150 valence electrons. The van der Waals surface area contributed by atoms with E-state index < -0.39 is 11.2 Å². The minimum absolute atomic E-state index is 0.0944. The zero-order valence-corrected chi connectivity index (χ0v) is 17.2. The molecule has 0 aliphatic heterocycles. The SMILES string of the molecule is Cn1c(=O)n(Cc2cccc(Cl)c2)c(=O)c2c1nc1oc(-c3ccc(Cl)cc3)cn12. The lowest BCUT2D eigenvalue weighted by Crippen LogP contribution is -2.39. The van der Waals surface area contributed by atoms with Crippen LogP contribution in [0.25, 0.3) is 28.3 Å². The first-order valence-electron chi connectivity index (χ1n) is 9.04. The van der Waals surface area contributed by atoms with Gasteiger partial charge in [0, 0.05) is 22.7 Å². The first-order chi connectivity index (χ1) is 14.4. The van der Waals surface area contributed by atoms with Crippen molar-refractivity contribution in [1.29, 1.82) is 0 Å². The van der Waals surface area contributed by atoms with Gasteiger partial charge in [-0.1, -0.05) is 35.3 Å². The third-order valence-electron chi connectivity index (χ3n) is 4.95. The van der Waals surface area contributed by atoms with Crippen molar-refractivity contribution < 1.29 is 4.42 Å². The number of aryl methyl sites for hydroxylation is 1. The predicted octanol–water partition coefficient (Wildman–Crippen LogP) is 3.96. The summed E-state index contributed by atoms with van der Waals surface area (Å²) < 4.78 is 9.90. The predicted molar refractivity (Wildman–Crippen MR) is 115 cm³/mol. The van der Waals surface area contributed by atoms with E-state index in [2.05, 4.69) is 4.98 Å². The largest absolute Gasteiger partial charge is 0.423 e. The Kier molecular flexibility index (Phi) is 4.30. The van der Waals surface area contributed by atoms with E-state index in [9.17, 15) is 9.59 Å². The van der Waals surface area contributed by atoms with Crippen LogP contribution >= 0.6 is 23.2 Å². The Hall–Kier alpha value is -3.29. The van der Waals surface area contributed by atoms with Gasteiger partial charge in [-0.05, 0) is 42.0 Å². The van der Waals surface area contributed by atoms with Crippen LogP contribution in [-0.2, 0) is 13.6 Å². The molecule has 0 saturated heterocycles. The molecule has 9 heteroatoms. The maximum atomic E-state index is 13.3. The van der Waals surface area contributed by atoms with Crippen LogP contribution in [0.4, 0.5) is 0 Å². The summed E-state index contributed by atoms with van der Waals surface area (Å²) >= 11 is 12.0. The fourth-order valence-corrected chi connectivity index (χ4v) is 3.80. The number of imidazole rings is 1. The zero-order valence-electron chi connectivity index (χ0n) is 15.7. The van der Waals surface area contributed by atoms with E-state index in [1.807, 2.05) is 18.2 Å². The van der Waals surface area contributed by atoms with E-state index in [-0.39, 0.29) is 23.6 Å². The lowest BCUT2D eigenvalue weighted by Gasteiger charge is -2.08. The first-order valence-corrected chi connectivity index (χ1v) is 9.80. The van der Waals surface area contributed by atoms with Crippen LogP contribution in [0.5, 0.6) is 0 Å². The zero-order chi connectivity index (χ0) is 21.0. The number of fused-ring (bicyclic) bond motifs is 3. The molecule has 0 atom stereocenters. The minimum atomic E-state index is -0.467. The third-order valence-corrected chi connectivity index (χ3v) is 5.44. The fourth-order valence-electron chi connectivity index (χ4n) is 3.46. The van der Waals surface area contributed by atoms with Crippen molar-refractivity contribution in [2.75, 3.05) is 0 Å². The molecule has 3 heterocycles. The van der Waals surface area contributed by atoms with Gasteiger partial charge in [-0.3, -0.25) is 18.3 Å². The molecule has 0 fully saturated rings. The van der Waals surface area contributed by atoms with E-state index >= 15 is 0 Å². The van der Waals surface area contributed by atoms with E-state index in [1.54, 1.807) is 48.0 Å². The van der Waals surface area contributed by atoms with Crippen LogP contribution in [-0.4, -0.2) is 18.5 Å². The molecule has 0 spiro atoms. The van der Waals surface area contributed by atoms with Crippen molar-refractivity contribution >= 4 is 40.2 Å². The van der Waals surface area contributed by atoms with Gasteiger partial charge in [-0.15, -0.1) is 0 Å². The Morgan fingerprint density at radius 2 is 1.80 bits per heavy atom. The van der Waals surface area contributed by atoms with Gasteiger partial charge in [-0.25, -0.2) is 4.79 Å². The lowest BCUT2D eigenvalue weighted by atomic mass is 10.2. The van der Waals surface area contributed by atoms with E-state index in [0.717, 1.165) is 15.7 Å². The summed E-state index contributed by atoms with van der Waals surface area (Å²) in [4.78, 5) is 30.4. The third kappa shape index (κ3) is 2.94. The number of halogens is 2. The Balaban J connectivity index is 1.72. The molecule has 0 amide bonds. The van der Waals surface area contributed by atoms with Crippen molar-refractivity contribution in [3.63, 3.8) is 0 Å². The molecule has 2 aromatic carbocycles. The van der Waals surface area contributed by atoms with Gasteiger partial charge in [0.2, 0.25) is 0 Å². The molecule has 0 saturated carbocycles. The number of oxazole rings is 1. The molecule has 5 aromatic rings. The normalized spacial score (nSPS) is 11.6. The molecule has 7 nitrogen and oxygen atoms in total. The van der Waals surface area contributed by atoms with Gasteiger partial charge in [0.25, 0.3) is 5.56 Å². The Bertz CT molecular complexity index is 1540. The summed E-state index contributed by atoms with van der Waals surface area (Å²) in [6.07, 6.45) is 1.68. The van der Waals surface area contributed by atoms with Crippen LogP contribution in [0, 0.1) is 0 Å². The van der Waals surface area contributed by atoms with E-state index in [0.29, 0.717) is 15.8 Å². The summed E-state index contributed by atoms with van der Waals surface area (Å²) in [5, 5.41) is 1.15. The van der Waals surface area contributed by atoms with Gasteiger partial charge in [0.05, 0.1) is 12.7 Å². The van der Waals surface area contributed by atoms with Crippen molar-refractivity contribution in [3.05, 3.63) is 91.2 Å². The average Bonchev–Trinajstić information content (AvgIpc) is 3.28. The molecular weight excluding hydrogens is 427 g/mol. The highest BCUT2D eigenvalue weighted by Crippen LogP contribution is 2.25. The summed E-state index contributed by atoms with van der Waals surface area (Å²) in [7, 11) is 1.57. The summed E-state index contributed by atoms with van der Waals surface area (Å²) in [6, 6.07) is 14.2. The molecule has 5 rings (SSSR count). The second-order valence-corrected chi connectivity index (χ2v) is 7.77. The lowest BCUT2D eigenvalue weighted by molar-refractivity contribution is 0.610. The van der Waals surface area contributed by atoms with E-state index in [1.165, 1.54) is 4.57 Å². The number of aromatic nitrogens is 4. The maximum Gasteiger partial charge on any atom is 0.332 e. The number of rotatable bonds is 3. The highest BCUT2D eigenvalue weighted by Gasteiger charge is 2.20. The topological polar surface area (TPSA) is 74.4 Å². The molecule has 3 aromatic heterocycles. The second kappa shape index (κ2) is 6.90. The van der Waals surface area contributed by atoms with Crippen LogP contribution in [0.1, 0.15) is 5.56 Å². The smallest absolute Gasteiger partial charge is 0.332 e. The summed E-state index contributed by atoms with van der Waals surface area (Å²) in [5.74, 6) is 0.758. The van der Waals surface area contributed by atoms with E-state index in [4.69, 9.17) is 27.6 Å². The second-order valence-electron chi connectivity index (χ2n) is 6.90. The number of hydrogen-bond acceptors (Lipinski definition) is 4. The standard InChI is InChI=1S/C21H14Cl2N4O3/c1-25-18-17(19(28)27(21(25)29)10-12-3-2-4-15(23)9-12)26-11-16(30-20(26)24-18)13-5-7-14(22)8-6-13/h2-9,11H,10H2,1H3. The Labute approximate surface area is 179 Å². The Morgan fingerprint density at radius 1 is 1.03 bits per heavy atom. The highest BCUT2D eigenvalue weighted by molar-refractivity contribution is 6.30. The number of hydrogen-bond donors (Lipinski definition) is 0. The molecule has 0 N–H and O–H groups in total. The molecule has 0 aliphatic carbocycles. The van der Waals surface area contributed by atoms with Crippen LogP contribution in [0.3, 0.4) is 0 Å². The van der Waals surface area contributed by atoms with Crippen molar-refractivity contribution in [2.24, 2.45) is 7.05 Å². The number of benzene rings is 2. The number of nitrogens with zero attached hydrogens (tertiary/aromatic N) is 4. The quantitative estimate of drug-likeness (QED) is 0.425. The molecular formula is C21H14Cl2N4O3. The van der Waals surface area contributed by atoms with Crippen molar-refractivity contribution in [3.8, 4) is 11.3 Å². The van der Waals surface area contributed by atoms with Crippen LogP contribution < -0.4 is 11.2 Å². The molecule has 0 aliphatic rings. The highest BCUT2D eigenvalue weighted by atomic mass is 35.5. The van der Waals surface area contributed by atoms with Crippen molar-refractivity contribution in [1.82, 2.24) is 18.5 Å². The summed E-state index contributed by atoms with van der Waals surface area (Å²) in [6.45, 7) is 0.0944. The first kappa shape index (κ1) is 18.7. The Morgan fingerprint density at radius 3 is 2.53 bits per heavy atom.